The molecule has 0 saturated carbocycles. The highest BCUT2D eigenvalue weighted by Gasteiger charge is 2.24. The second-order valence-corrected chi connectivity index (χ2v) is 4.32. The summed E-state index contributed by atoms with van der Waals surface area (Å²) in [5, 5.41) is 0. The molecule has 0 saturated heterocycles. The van der Waals surface area contributed by atoms with E-state index in [1.54, 1.807) is 37.7 Å². The first-order valence-corrected chi connectivity index (χ1v) is 6.34. The van der Waals surface area contributed by atoms with Crippen LogP contribution in [-0.4, -0.2) is 24.0 Å². The molecule has 1 aliphatic rings. The normalized spacial score (nSPS) is 15.8. The van der Waals surface area contributed by atoms with Gasteiger partial charge < -0.3 is 9.47 Å². The molecule has 0 amide bonds. The smallest absolute Gasteiger partial charge is 0.363 e. The Morgan fingerprint density at radius 3 is 2.81 bits per heavy atom. The summed E-state index contributed by atoms with van der Waals surface area (Å²) >= 11 is 0. The third-order valence-electron chi connectivity index (χ3n) is 2.96. The number of hydrogen-bond donors (Lipinski definition) is 0. The van der Waals surface area contributed by atoms with Crippen LogP contribution in [0.5, 0.6) is 5.75 Å². The number of hydrogen-bond acceptors (Lipinski definition) is 5. The van der Waals surface area contributed by atoms with Crippen molar-refractivity contribution in [2.24, 2.45) is 4.99 Å². The van der Waals surface area contributed by atoms with Crippen LogP contribution in [0.2, 0.25) is 0 Å². The minimum absolute atomic E-state index is 0.235. The summed E-state index contributed by atoms with van der Waals surface area (Å²) < 4.78 is 10.4. The number of pyridine rings is 1. The minimum Gasteiger partial charge on any atom is -0.496 e. The Labute approximate surface area is 121 Å². The maximum Gasteiger partial charge on any atom is 0.363 e. The second-order valence-electron chi connectivity index (χ2n) is 4.32. The van der Waals surface area contributed by atoms with Gasteiger partial charge in [-0.3, -0.25) is 4.98 Å². The number of nitrogens with zero attached hydrogens (tertiary/aromatic N) is 2. The molecule has 0 atom stereocenters. The topological polar surface area (TPSA) is 60.8 Å². The zero-order valence-corrected chi connectivity index (χ0v) is 11.3. The van der Waals surface area contributed by atoms with Gasteiger partial charge in [0.15, 0.2) is 5.70 Å². The number of carbonyl (C=O) groups is 1. The lowest BCUT2D eigenvalue weighted by atomic mass is 10.1. The number of para-hydroxylation sites is 1. The standard InChI is InChI=1S/C16H12N2O3/c1-20-14-7-3-2-5-11(14)9-13-16(19)21-15(18-13)12-6-4-8-17-10-12/h2-10H,1H3/b13-9-. The predicted molar refractivity (Wildman–Crippen MR) is 77.8 cm³/mol. The number of cyclic esters (lactones) is 1. The Hall–Kier alpha value is -2.95. The van der Waals surface area contributed by atoms with E-state index in [1.165, 1.54) is 0 Å². The third-order valence-corrected chi connectivity index (χ3v) is 2.96. The molecule has 5 heteroatoms. The number of rotatable bonds is 3. The van der Waals surface area contributed by atoms with E-state index in [4.69, 9.17) is 9.47 Å². The molecule has 0 unspecified atom stereocenters. The number of aromatic nitrogens is 1. The largest absolute Gasteiger partial charge is 0.496 e. The summed E-state index contributed by atoms with van der Waals surface area (Å²) in [6.07, 6.45) is 4.88. The molecule has 0 aliphatic carbocycles. The van der Waals surface area contributed by atoms with E-state index in [2.05, 4.69) is 9.98 Å². The summed E-state index contributed by atoms with van der Waals surface area (Å²) in [5.41, 5.74) is 1.66. The van der Waals surface area contributed by atoms with Gasteiger partial charge in [-0.05, 0) is 24.3 Å². The van der Waals surface area contributed by atoms with E-state index in [1.807, 2.05) is 24.3 Å². The van der Waals surface area contributed by atoms with Crippen LogP contribution in [-0.2, 0) is 9.53 Å². The van der Waals surface area contributed by atoms with E-state index in [9.17, 15) is 4.79 Å². The Morgan fingerprint density at radius 2 is 2.05 bits per heavy atom. The quantitative estimate of drug-likeness (QED) is 0.640. The Balaban J connectivity index is 1.97. The average Bonchev–Trinajstić information content (AvgIpc) is 2.90. The summed E-state index contributed by atoms with van der Waals surface area (Å²) in [4.78, 5) is 20.1. The Kier molecular flexibility index (Phi) is 3.47. The zero-order chi connectivity index (χ0) is 14.7. The number of ether oxygens (including phenoxy) is 2. The molecule has 0 fully saturated rings. The van der Waals surface area contributed by atoms with E-state index in [0.29, 0.717) is 11.3 Å². The van der Waals surface area contributed by atoms with Crippen LogP contribution in [0.4, 0.5) is 0 Å². The van der Waals surface area contributed by atoms with Gasteiger partial charge in [0.25, 0.3) is 0 Å². The van der Waals surface area contributed by atoms with Gasteiger partial charge in [0.1, 0.15) is 5.75 Å². The van der Waals surface area contributed by atoms with Crippen molar-refractivity contribution in [1.82, 2.24) is 4.98 Å². The van der Waals surface area contributed by atoms with Gasteiger partial charge in [0.05, 0.1) is 12.7 Å². The molecular formula is C16H12N2O3. The highest BCUT2D eigenvalue weighted by atomic mass is 16.6. The van der Waals surface area contributed by atoms with Gasteiger partial charge >= 0.3 is 5.97 Å². The van der Waals surface area contributed by atoms with Crippen molar-refractivity contribution in [2.75, 3.05) is 7.11 Å². The van der Waals surface area contributed by atoms with Crippen LogP contribution in [0.1, 0.15) is 11.1 Å². The van der Waals surface area contributed by atoms with Crippen molar-refractivity contribution in [3.63, 3.8) is 0 Å². The lowest BCUT2D eigenvalue weighted by molar-refractivity contribution is -0.129. The maximum atomic E-state index is 11.9. The van der Waals surface area contributed by atoms with Gasteiger partial charge in [-0.15, -0.1) is 0 Å². The highest BCUT2D eigenvalue weighted by molar-refractivity contribution is 6.12. The van der Waals surface area contributed by atoms with E-state index in [-0.39, 0.29) is 11.6 Å². The molecule has 0 spiro atoms. The second kappa shape index (κ2) is 5.58. The third kappa shape index (κ3) is 2.67. The lowest BCUT2D eigenvalue weighted by Crippen LogP contribution is -2.05. The Bertz CT molecular complexity index is 736. The van der Waals surface area contributed by atoms with E-state index < -0.39 is 5.97 Å². The van der Waals surface area contributed by atoms with Crippen molar-refractivity contribution in [3.05, 3.63) is 65.6 Å². The molecule has 0 radical (unpaired) electrons. The summed E-state index contributed by atoms with van der Waals surface area (Å²) in [6, 6.07) is 10.9. The minimum atomic E-state index is -0.486. The van der Waals surface area contributed by atoms with Crippen LogP contribution in [0.3, 0.4) is 0 Å². The number of aliphatic imine (C=N–C) groups is 1. The van der Waals surface area contributed by atoms with Gasteiger partial charge in [0, 0.05) is 18.0 Å². The molecular weight excluding hydrogens is 268 g/mol. The first-order chi connectivity index (χ1) is 10.3. The van der Waals surface area contributed by atoms with E-state index >= 15 is 0 Å². The molecule has 1 aliphatic heterocycles. The molecule has 2 aromatic rings. The first-order valence-electron chi connectivity index (χ1n) is 6.34. The van der Waals surface area contributed by atoms with E-state index in [0.717, 1.165) is 5.56 Å². The maximum absolute atomic E-state index is 11.9. The highest BCUT2D eigenvalue weighted by Crippen LogP contribution is 2.24. The Morgan fingerprint density at radius 1 is 1.19 bits per heavy atom. The van der Waals surface area contributed by atoms with Gasteiger partial charge in [-0.25, -0.2) is 9.79 Å². The van der Waals surface area contributed by atoms with Crippen molar-refractivity contribution < 1.29 is 14.3 Å². The molecule has 2 heterocycles. The number of benzene rings is 1. The average molecular weight is 280 g/mol. The molecule has 1 aromatic carbocycles. The van der Waals surface area contributed by atoms with Crippen molar-refractivity contribution in [3.8, 4) is 5.75 Å². The molecule has 104 valence electrons. The number of carbonyl (C=O) groups excluding carboxylic acids is 1. The molecule has 5 nitrogen and oxygen atoms in total. The summed E-state index contributed by atoms with van der Waals surface area (Å²) in [6.45, 7) is 0. The fraction of sp³-hybridized carbons (Fsp3) is 0.0625. The van der Waals surface area contributed by atoms with Gasteiger partial charge in [-0.1, -0.05) is 18.2 Å². The van der Waals surface area contributed by atoms with Crippen LogP contribution in [0.15, 0.2) is 59.5 Å². The van der Waals surface area contributed by atoms with Crippen LogP contribution < -0.4 is 4.74 Å². The molecule has 3 rings (SSSR count). The molecule has 21 heavy (non-hydrogen) atoms. The van der Waals surface area contributed by atoms with Crippen molar-refractivity contribution >= 4 is 17.9 Å². The number of methoxy groups -OCH3 is 1. The fourth-order valence-electron chi connectivity index (χ4n) is 1.95. The van der Waals surface area contributed by atoms with Crippen LogP contribution >= 0.6 is 0 Å². The fourth-order valence-corrected chi connectivity index (χ4v) is 1.95. The SMILES string of the molecule is COc1ccccc1/C=C1\N=C(c2cccnc2)OC1=O. The monoisotopic (exact) mass is 280 g/mol. The molecule has 0 bridgehead atoms. The van der Waals surface area contributed by atoms with Crippen LogP contribution in [0.25, 0.3) is 6.08 Å². The van der Waals surface area contributed by atoms with Crippen LogP contribution in [0, 0.1) is 0 Å². The summed E-state index contributed by atoms with van der Waals surface area (Å²) in [5.74, 6) is 0.442. The van der Waals surface area contributed by atoms with Gasteiger partial charge in [-0.2, -0.15) is 0 Å². The lowest BCUT2D eigenvalue weighted by Gasteiger charge is -2.03. The van der Waals surface area contributed by atoms with Crippen molar-refractivity contribution in [1.29, 1.82) is 0 Å². The van der Waals surface area contributed by atoms with Crippen molar-refractivity contribution in [2.45, 2.75) is 0 Å². The van der Waals surface area contributed by atoms with Gasteiger partial charge in [0.2, 0.25) is 5.90 Å². The zero-order valence-electron chi connectivity index (χ0n) is 11.3. The first kappa shape index (κ1) is 13.1. The predicted octanol–water partition coefficient (Wildman–Crippen LogP) is 2.43. The summed E-state index contributed by atoms with van der Waals surface area (Å²) in [7, 11) is 1.58. The molecule has 1 aromatic heterocycles. The number of esters is 1. The molecule has 0 N–H and O–H groups in total.